The number of hydrogen-bond donors (Lipinski definition) is 4. The Labute approximate surface area is 67.4 Å². The summed E-state index contributed by atoms with van der Waals surface area (Å²) in [5.74, 6) is -0.905. The van der Waals surface area contributed by atoms with Crippen molar-refractivity contribution in [2.45, 2.75) is 0 Å². The van der Waals surface area contributed by atoms with E-state index >= 15 is 0 Å². The first-order valence-electron chi connectivity index (χ1n) is 2.97. The smallest absolute Gasteiger partial charge is 0.254 e. The molecule has 0 unspecified atom stereocenters. The Morgan fingerprint density at radius 2 is 2.33 bits per heavy atom. The van der Waals surface area contributed by atoms with E-state index < -0.39 is 5.91 Å². The predicted octanol–water partition coefficient (Wildman–Crippen LogP) is -1.04. The lowest BCUT2D eigenvalue weighted by molar-refractivity contribution is 0.0999. The molecule has 0 aromatic carbocycles. The summed E-state index contributed by atoms with van der Waals surface area (Å²) in [6.07, 6.45) is 1.13. The fraction of sp³-hybridized carbons (Fsp3) is 0. The Kier molecular flexibility index (Phi) is 2.06. The van der Waals surface area contributed by atoms with Crippen LogP contribution in [0.1, 0.15) is 10.4 Å². The number of nitrogens with one attached hydrogen (secondary N) is 1. The summed E-state index contributed by atoms with van der Waals surface area (Å²) in [5, 5.41) is 8.49. The lowest BCUT2D eigenvalue weighted by Gasteiger charge is -2.02. The van der Waals surface area contributed by atoms with Gasteiger partial charge in [-0.3, -0.25) is 15.5 Å². The molecule has 0 saturated carbocycles. The van der Waals surface area contributed by atoms with E-state index in [1.165, 1.54) is 0 Å². The van der Waals surface area contributed by atoms with Crippen LogP contribution in [0.4, 0.5) is 11.8 Å². The van der Waals surface area contributed by atoms with Gasteiger partial charge in [-0.15, -0.1) is 0 Å². The molecule has 1 aromatic rings. The Morgan fingerprint density at radius 1 is 1.67 bits per heavy atom. The molecular weight excluding hydrogens is 162 g/mol. The van der Waals surface area contributed by atoms with Gasteiger partial charge in [-0.2, -0.15) is 4.98 Å². The van der Waals surface area contributed by atoms with E-state index in [2.05, 4.69) is 9.97 Å². The third kappa shape index (κ3) is 1.40. The first-order chi connectivity index (χ1) is 5.65. The molecule has 0 spiro atoms. The summed E-state index contributed by atoms with van der Waals surface area (Å²) in [4.78, 5) is 17.7. The van der Waals surface area contributed by atoms with E-state index in [1.54, 1.807) is 5.48 Å². The van der Waals surface area contributed by atoms with Crippen molar-refractivity contribution >= 4 is 17.7 Å². The zero-order chi connectivity index (χ0) is 9.14. The molecule has 7 nitrogen and oxygen atoms in total. The monoisotopic (exact) mass is 169 g/mol. The van der Waals surface area contributed by atoms with Gasteiger partial charge in [0.05, 0.1) is 0 Å². The maximum Gasteiger partial charge on any atom is 0.254 e. The number of nitrogens with two attached hydrogens (primary N) is 2. The number of nitrogens with zero attached hydrogens (tertiary/aromatic N) is 2. The lowest BCUT2D eigenvalue weighted by Crippen LogP contribution is -2.15. The summed E-state index contributed by atoms with van der Waals surface area (Å²) < 4.78 is 0. The van der Waals surface area contributed by atoms with Gasteiger partial charge >= 0.3 is 0 Å². The number of carbonyl (C=O) groups excluding carboxylic acids is 1. The molecular formula is C5H7N5O2. The first-order valence-corrected chi connectivity index (χ1v) is 2.97. The highest BCUT2D eigenvalue weighted by atomic mass is 16.5. The molecule has 6 N–H and O–H groups in total. The number of aromatic nitrogens is 2. The van der Waals surface area contributed by atoms with Gasteiger partial charge in [0.15, 0.2) is 5.82 Å². The quantitative estimate of drug-likeness (QED) is 0.418. The van der Waals surface area contributed by atoms with Crippen molar-refractivity contribution in [3.8, 4) is 0 Å². The summed E-state index contributed by atoms with van der Waals surface area (Å²) >= 11 is 0. The fourth-order valence-electron chi connectivity index (χ4n) is 0.661. The maximum atomic E-state index is 10.6. The second kappa shape index (κ2) is 3.01. The van der Waals surface area contributed by atoms with Gasteiger partial charge < -0.3 is 11.5 Å². The fourth-order valence-corrected chi connectivity index (χ4v) is 0.661. The van der Waals surface area contributed by atoms with Crippen LogP contribution in [-0.2, 0) is 0 Å². The van der Waals surface area contributed by atoms with Crippen LogP contribution >= 0.6 is 0 Å². The van der Waals surface area contributed by atoms with Crippen LogP contribution in [0.25, 0.3) is 0 Å². The molecule has 1 amide bonds. The standard InChI is InChI=1S/C5H7N5O2/c6-3(11)2-1-8-5(7)9-4(2)10-12/h1,12H,(H2,6,11)(H3,7,8,9,10). The zero-order valence-corrected chi connectivity index (χ0v) is 5.98. The second-order valence-electron chi connectivity index (χ2n) is 1.97. The van der Waals surface area contributed by atoms with E-state index in [-0.39, 0.29) is 17.3 Å². The lowest BCUT2D eigenvalue weighted by atomic mass is 10.3. The van der Waals surface area contributed by atoms with Crippen molar-refractivity contribution < 1.29 is 10.0 Å². The van der Waals surface area contributed by atoms with E-state index in [4.69, 9.17) is 16.7 Å². The van der Waals surface area contributed by atoms with Gasteiger partial charge in [0.25, 0.3) is 5.91 Å². The van der Waals surface area contributed by atoms with Crippen LogP contribution in [0, 0.1) is 0 Å². The van der Waals surface area contributed by atoms with Crippen LogP contribution in [-0.4, -0.2) is 21.1 Å². The van der Waals surface area contributed by atoms with Gasteiger partial charge in [-0.25, -0.2) is 4.98 Å². The highest BCUT2D eigenvalue weighted by Crippen LogP contribution is 2.09. The Morgan fingerprint density at radius 3 is 2.83 bits per heavy atom. The molecule has 1 rings (SSSR count). The van der Waals surface area contributed by atoms with Gasteiger partial charge in [0, 0.05) is 6.20 Å². The molecule has 0 bridgehead atoms. The Hall–Kier alpha value is -1.89. The summed E-state index contributed by atoms with van der Waals surface area (Å²) in [5.41, 5.74) is 11.8. The average molecular weight is 169 g/mol. The molecule has 1 heterocycles. The largest absolute Gasteiger partial charge is 0.368 e. The Balaban J connectivity index is 3.20. The second-order valence-corrected chi connectivity index (χ2v) is 1.97. The highest BCUT2D eigenvalue weighted by molar-refractivity contribution is 5.97. The average Bonchev–Trinajstić information content (AvgIpc) is 2.03. The molecule has 0 fully saturated rings. The van der Waals surface area contributed by atoms with Crippen LogP contribution < -0.4 is 16.9 Å². The maximum absolute atomic E-state index is 10.6. The predicted molar refractivity (Wildman–Crippen MR) is 40.4 cm³/mol. The molecule has 0 radical (unpaired) electrons. The van der Waals surface area contributed by atoms with Crippen molar-refractivity contribution in [3.63, 3.8) is 0 Å². The molecule has 7 heteroatoms. The molecule has 64 valence electrons. The van der Waals surface area contributed by atoms with Gasteiger partial charge in [0.1, 0.15) is 5.56 Å². The number of nitrogen functional groups attached to an aromatic ring is 1. The summed E-state index contributed by atoms with van der Waals surface area (Å²) in [6.45, 7) is 0. The Bertz CT molecular complexity index is 313. The minimum absolute atomic E-state index is 0.0216. The number of amides is 1. The minimum atomic E-state index is -0.744. The number of anilines is 2. The number of primary amides is 1. The van der Waals surface area contributed by atoms with E-state index in [9.17, 15) is 4.79 Å². The minimum Gasteiger partial charge on any atom is -0.368 e. The van der Waals surface area contributed by atoms with Crippen molar-refractivity contribution in [2.24, 2.45) is 5.73 Å². The van der Waals surface area contributed by atoms with Gasteiger partial charge in [-0.05, 0) is 0 Å². The molecule has 1 aromatic heterocycles. The topological polar surface area (TPSA) is 127 Å². The van der Waals surface area contributed by atoms with Gasteiger partial charge in [0.2, 0.25) is 5.95 Å². The van der Waals surface area contributed by atoms with E-state index in [1.807, 2.05) is 0 Å². The number of carbonyl (C=O) groups is 1. The number of rotatable bonds is 2. The molecule has 12 heavy (non-hydrogen) atoms. The van der Waals surface area contributed by atoms with Crippen LogP contribution in [0.5, 0.6) is 0 Å². The van der Waals surface area contributed by atoms with Gasteiger partial charge in [-0.1, -0.05) is 0 Å². The summed E-state index contributed by atoms with van der Waals surface area (Å²) in [7, 11) is 0. The molecule has 0 aliphatic carbocycles. The normalized spacial score (nSPS) is 9.42. The van der Waals surface area contributed by atoms with E-state index in [0.717, 1.165) is 6.20 Å². The molecule has 0 atom stereocenters. The van der Waals surface area contributed by atoms with Crippen molar-refractivity contribution in [1.29, 1.82) is 0 Å². The van der Waals surface area contributed by atoms with Crippen LogP contribution in [0.15, 0.2) is 6.20 Å². The van der Waals surface area contributed by atoms with Crippen molar-refractivity contribution in [3.05, 3.63) is 11.8 Å². The van der Waals surface area contributed by atoms with Crippen molar-refractivity contribution in [2.75, 3.05) is 11.2 Å². The SMILES string of the molecule is NC(=O)c1cnc(N)nc1NO. The zero-order valence-electron chi connectivity index (χ0n) is 5.98. The third-order valence-corrected chi connectivity index (χ3v) is 1.18. The van der Waals surface area contributed by atoms with Crippen molar-refractivity contribution in [1.82, 2.24) is 9.97 Å². The van der Waals surface area contributed by atoms with Crippen LogP contribution in [0.3, 0.4) is 0 Å². The first kappa shape index (κ1) is 8.21. The molecule has 0 aliphatic rings. The third-order valence-electron chi connectivity index (χ3n) is 1.18. The summed E-state index contributed by atoms with van der Waals surface area (Å²) in [6, 6.07) is 0. The highest BCUT2D eigenvalue weighted by Gasteiger charge is 2.09. The van der Waals surface area contributed by atoms with Crippen LogP contribution in [0.2, 0.25) is 0 Å². The molecule has 0 saturated heterocycles. The van der Waals surface area contributed by atoms with E-state index in [0.29, 0.717) is 0 Å². The molecule has 0 aliphatic heterocycles. The number of hydrogen-bond acceptors (Lipinski definition) is 6.